The molecule has 0 bridgehead atoms. The quantitative estimate of drug-likeness (QED) is 0.847. The van der Waals surface area contributed by atoms with Crippen LogP contribution < -0.4 is 11.1 Å². The van der Waals surface area contributed by atoms with Gasteiger partial charge in [0.1, 0.15) is 10.7 Å². The van der Waals surface area contributed by atoms with Crippen molar-refractivity contribution in [3.8, 4) is 0 Å². The summed E-state index contributed by atoms with van der Waals surface area (Å²) in [4.78, 5) is 16.7. The van der Waals surface area contributed by atoms with Gasteiger partial charge in [0.15, 0.2) is 0 Å². The summed E-state index contributed by atoms with van der Waals surface area (Å²) in [5, 5.41) is 5.80. The molecule has 2 fully saturated rings. The van der Waals surface area contributed by atoms with Gasteiger partial charge >= 0.3 is 0 Å². The van der Waals surface area contributed by atoms with E-state index in [2.05, 4.69) is 10.3 Å². The predicted molar refractivity (Wildman–Crippen MR) is 94.1 cm³/mol. The lowest BCUT2D eigenvalue weighted by Gasteiger charge is -2.57. The Morgan fingerprint density at radius 3 is 2.83 bits per heavy atom. The molecule has 130 valence electrons. The van der Waals surface area contributed by atoms with Gasteiger partial charge in [0.05, 0.1) is 6.10 Å². The van der Waals surface area contributed by atoms with Gasteiger partial charge in [-0.05, 0) is 26.2 Å². The van der Waals surface area contributed by atoms with Crippen LogP contribution >= 0.6 is 23.7 Å². The number of aromatic nitrogens is 1. The first-order valence-corrected chi connectivity index (χ1v) is 9.14. The molecule has 0 radical (unpaired) electrons. The summed E-state index contributed by atoms with van der Waals surface area (Å²) in [6.07, 6.45) is 7.33. The highest BCUT2D eigenvalue weighted by molar-refractivity contribution is 7.09. The molecule has 0 aromatic carbocycles. The lowest BCUT2D eigenvalue weighted by atomic mass is 9.55. The first-order chi connectivity index (χ1) is 10.7. The van der Waals surface area contributed by atoms with Gasteiger partial charge < -0.3 is 15.8 Å². The van der Waals surface area contributed by atoms with Crippen molar-refractivity contribution < 1.29 is 9.53 Å². The van der Waals surface area contributed by atoms with Crippen LogP contribution in [0.25, 0.3) is 0 Å². The largest absolute Gasteiger partial charge is 0.378 e. The molecule has 1 heterocycles. The van der Waals surface area contributed by atoms with E-state index in [1.807, 2.05) is 6.92 Å². The summed E-state index contributed by atoms with van der Waals surface area (Å²) in [5.74, 6) is -0.0687. The molecular weight excluding hydrogens is 334 g/mol. The van der Waals surface area contributed by atoms with Gasteiger partial charge in [-0.3, -0.25) is 4.79 Å². The van der Waals surface area contributed by atoms with Gasteiger partial charge in [-0.15, -0.1) is 23.7 Å². The molecule has 1 aromatic heterocycles. The molecule has 5 nitrogen and oxygen atoms in total. The lowest BCUT2D eigenvalue weighted by molar-refractivity contribution is -0.146. The molecule has 0 aliphatic heterocycles. The maximum Gasteiger partial charge on any atom is 0.271 e. The molecule has 2 aliphatic rings. The number of hydrogen-bond acceptors (Lipinski definition) is 5. The SMILES string of the molecule is CCOC1CC(NC(=O)c2csc(CN)n2)C12CCCCC2.Cl. The Balaban J connectivity index is 0.00000192. The first kappa shape index (κ1) is 18.6. The van der Waals surface area contributed by atoms with Crippen molar-refractivity contribution in [1.29, 1.82) is 0 Å². The Labute approximate surface area is 147 Å². The van der Waals surface area contributed by atoms with E-state index in [1.54, 1.807) is 5.38 Å². The van der Waals surface area contributed by atoms with Crippen molar-refractivity contribution >= 4 is 29.7 Å². The van der Waals surface area contributed by atoms with Crippen LogP contribution in [-0.4, -0.2) is 29.6 Å². The number of hydrogen-bond donors (Lipinski definition) is 2. The van der Waals surface area contributed by atoms with Crippen LogP contribution in [0.1, 0.15) is 60.9 Å². The highest BCUT2D eigenvalue weighted by Crippen LogP contribution is 2.53. The second-order valence-electron chi connectivity index (χ2n) is 6.33. The number of ether oxygens (including phenoxy) is 1. The maximum atomic E-state index is 12.4. The van der Waals surface area contributed by atoms with Gasteiger partial charge in [-0.1, -0.05) is 19.3 Å². The molecule has 1 aromatic rings. The van der Waals surface area contributed by atoms with Crippen molar-refractivity contribution in [2.45, 2.75) is 64.1 Å². The summed E-state index contributed by atoms with van der Waals surface area (Å²) in [6.45, 7) is 3.18. The van der Waals surface area contributed by atoms with E-state index in [0.29, 0.717) is 18.3 Å². The first-order valence-electron chi connectivity index (χ1n) is 8.26. The van der Waals surface area contributed by atoms with E-state index >= 15 is 0 Å². The summed E-state index contributed by atoms with van der Waals surface area (Å²) in [5.41, 5.74) is 6.21. The average molecular weight is 360 g/mol. The fraction of sp³-hybridized carbons (Fsp3) is 0.750. The Kier molecular flexibility index (Phi) is 6.42. The smallest absolute Gasteiger partial charge is 0.271 e. The number of nitrogens with zero attached hydrogens (tertiary/aromatic N) is 1. The normalized spacial score (nSPS) is 25.5. The maximum absolute atomic E-state index is 12.4. The zero-order valence-corrected chi connectivity index (χ0v) is 15.2. The second-order valence-corrected chi connectivity index (χ2v) is 7.27. The highest BCUT2D eigenvalue weighted by Gasteiger charge is 2.56. The zero-order chi connectivity index (χ0) is 15.6. The highest BCUT2D eigenvalue weighted by atomic mass is 35.5. The molecule has 1 spiro atoms. The van der Waals surface area contributed by atoms with E-state index in [0.717, 1.165) is 30.9 Å². The number of nitrogens with two attached hydrogens (primary N) is 1. The summed E-state index contributed by atoms with van der Waals surface area (Å²) in [6, 6.07) is 0.222. The van der Waals surface area contributed by atoms with Crippen LogP contribution in [0.4, 0.5) is 0 Å². The van der Waals surface area contributed by atoms with Crippen molar-refractivity contribution in [3.63, 3.8) is 0 Å². The molecular formula is C16H26ClN3O2S. The molecule has 1 amide bonds. The van der Waals surface area contributed by atoms with E-state index < -0.39 is 0 Å². The molecule has 2 aliphatic carbocycles. The van der Waals surface area contributed by atoms with Crippen LogP contribution in [0.15, 0.2) is 5.38 Å². The number of rotatable bonds is 5. The van der Waals surface area contributed by atoms with E-state index in [4.69, 9.17) is 10.5 Å². The molecule has 7 heteroatoms. The van der Waals surface area contributed by atoms with Crippen LogP contribution in [0, 0.1) is 5.41 Å². The number of nitrogens with one attached hydrogen (secondary N) is 1. The van der Waals surface area contributed by atoms with Gasteiger partial charge in [0.25, 0.3) is 5.91 Å². The average Bonchev–Trinajstić information content (AvgIpc) is 3.04. The Morgan fingerprint density at radius 2 is 2.22 bits per heavy atom. The third-order valence-corrected chi connectivity index (χ3v) is 6.07. The van der Waals surface area contributed by atoms with E-state index in [-0.39, 0.29) is 29.8 Å². The molecule has 23 heavy (non-hydrogen) atoms. The molecule has 2 saturated carbocycles. The van der Waals surface area contributed by atoms with Crippen LogP contribution in [0.2, 0.25) is 0 Å². The van der Waals surface area contributed by atoms with Crippen LogP contribution in [0.3, 0.4) is 0 Å². The van der Waals surface area contributed by atoms with Crippen molar-refractivity contribution in [2.24, 2.45) is 11.1 Å². The molecule has 2 unspecified atom stereocenters. The number of amides is 1. The minimum absolute atomic E-state index is 0. The van der Waals surface area contributed by atoms with Gasteiger partial charge in [0.2, 0.25) is 0 Å². The fourth-order valence-electron chi connectivity index (χ4n) is 4.01. The third kappa shape index (κ3) is 3.55. The number of halogens is 1. The van der Waals surface area contributed by atoms with E-state index in [1.165, 1.54) is 30.6 Å². The number of carbonyl (C=O) groups excluding carboxylic acids is 1. The Bertz CT molecular complexity index is 531. The van der Waals surface area contributed by atoms with Gasteiger partial charge in [-0.2, -0.15) is 0 Å². The molecule has 3 N–H and O–H groups in total. The van der Waals surface area contributed by atoms with Crippen molar-refractivity contribution in [1.82, 2.24) is 10.3 Å². The molecule has 3 rings (SSSR count). The van der Waals surface area contributed by atoms with Gasteiger partial charge in [0, 0.05) is 30.0 Å². The lowest BCUT2D eigenvalue weighted by Crippen LogP contribution is -2.65. The summed E-state index contributed by atoms with van der Waals surface area (Å²) >= 11 is 1.44. The second kappa shape index (κ2) is 7.92. The third-order valence-electron chi connectivity index (χ3n) is 5.20. The van der Waals surface area contributed by atoms with Gasteiger partial charge in [-0.25, -0.2) is 4.98 Å². The predicted octanol–water partition coefficient (Wildman–Crippen LogP) is 2.88. The Morgan fingerprint density at radius 1 is 1.48 bits per heavy atom. The van der Waals surface area contributed by atoms with Crippen LogP contribution in [0.5, 0.6) is 0 Å². The van der Waals surface area contributed by atoms with E-state index in [9.17, 15) is 4.79 Å². The molecule has 2 atom stereocenters. The van der Waals surface area contributed by atoms with Crippen molar-refractivity contribution in [3.05, 3.63) is 16.1 Å². The number of carbonyl (C=O) groups is 1. The monoisotopic (exact) mass is 359 g/mol. The zero-order valence-electron chi connectivity index (χ0n) is 13.5. The minimum Gasteiger partial charge on any atom is -0.378 e. The summed E-state index contributed by atoms with van der Waals surface area (Å²) in [7, 11) is 0. The fourth-order valence-corrected chi connectivity index (χ4v) is 4.66. The van der Waals surface area contributed by atoms with Crippen LogP contribution in [-0.2, 0) is 11.3 Å². The minimum atomic E-state index is -0.0687. The Hall–Kier alpha value is -0.690. The summed E-state index contributed by atoms with van der Waals surface area (Å²) < 4.78 is 5.93. The van der Waals surface area contributed by atoms with Crippen molar-refractivity contribution in [2.75, 3.05) is 6.61 Å². The number of thiazole rings is 1. The standard InChI is InChI=1S/C16H25N3O2S.ClH/c1-2-21-13-8-12(16(13)6-4-3-5-7-16)19-15(20)11-10-22-14(9-17)18-11;/h10,12-13H,2-9,17H2,1H3,(H,19,20);1H. The topological polar surface area (TPSA) is 77.2 Å². The molecule has 0 saturated heterocycles.